The van der Waals surface area contributed by atoms with Crippen molar-refractivity contribution in [2.75, 3.05) is 6.54 Å². The molecular weight excluding hydrogens is 304 g/mol. The Kier molecular flexibility index (Phi) is 6.18. The molecule has 2 aromatic rings. The molecule has 2 rings (SSSR count). The van der Waals surface area contributed by atoms with Crippen molar-refractivity contribution in [1.82, 2.24) is 9.88 Å². The first-order chi connectivity index (χ1) is 11.5. The molecule has 1 amide bonds. The molecule has 24 heavy (non-hydrogen) atoms. The summed E-state index contributed by atoms with van der Waals surface area (Å²) in [4.78, 5) is 23.9. The Labute approximate surface area is 142 Å². The second kappa shape index (κ2) is 8.34. The highest BCUT2D eigenvalue weighted by Gasteiger charge is 2.07. The molecule has 1 aromatic carbocycles. The predicted octanol–water partition coefficient (Wildman–Crippen LogP) is 2.63. The van der Waals surface area contributed by atoms with E-state index < -0.39 is 0 Å². The number of carbonyl (C=O) groups is 1. The van der Waals surface area contributed by atoms with Crippen molar-refractivity contribution in [3.63, 3.8) is 0 Å². The van der Waals surface area contributed by atoms with Crippen LogP contribution in [0.4, 0.5) is 0 Å². The van der Waals surface area contributed by atoms with Gasteiger partial charge in [-0.2, -0.15) is 0 Å². The van der Waals surface area contributed by atoms with Gasteiger partial charge in [-0.25, -0.2) is 0 Å². The van der Waals surface area contributed by atoms with Gasteiger partial charge in [-0.3, -0.25) is 9.59 Å². The fourth-order valence-corrected chi connectivity index (χ4v) is 2.38. The monoisotopic (exact) mass is 328 g/mol. The van der Waals surface area contributed by atoms with Gasteiger partial charge in [0.05, 0.1) is 6.10 Å². The highest BCUT2D eigenvalue weighted by atomic mass is 16.5. The van der Waals surface area contributed by atoms with Gasteiger partial charge in [0.2, 0.25) is 0 Å². The van der Waals surface area contributed by atoms with Crippen LogP contribution in [-0.4, -0.2) is 23.1 Å². The lowest BCUT2D eigenvalue weighted by Gasteiger charge is -2.11. The molecule has 0 saturated heterocycles. The summed E-state index contributed by atoms with van der Waals surface area (Å²) in [7, 11) is 0. The zero-order chi connectivity index (χ0) is 17.5. The van der Waals surface area contributed by atoms with Crippen molar-refractivity contribution < 1.29 is 9.53 Å². The molecule has 128 valence electrons. The summed E-state index contributed by atoms with van der Waals surface area (Å²) in [5.41, 5.74) is 1.32. The van der Waals surface area contributed by atoms with Gasteiger partial charge in [0.1, 0.15) is 5.75 Å². The van der Waals surface area contributed by atoms with E-state index in [2.05, 4.69) is 5.32 Å². The largest absolute Gasteiger partial charge is 0.491 e. The first kappa shape index (κ1) is 17.8. The lowest BCUT2D eigenvalue weighted by molar-refractivity contribution is 0.0954. The van der Waals surface area contributed by atoms with Gasteiger partial charge in [-0.15, -0.1) is 0 Å². The first-order valence-electron chi connectivity index (χ1n) is 8.24. The summed E-state index contributed by atoms with van der Waals surface area (Å²) in [5.74, 6) is 0.599. The van der Waals surface area contributed by atoms with Gasteiger partial charge in [0.15, 0.2) is 0 Å². The molecule has 0 fully saturated rings. The second-order valence-electron chi connectivity index (χ2n) is 5.86. The van der Waals surface area contributed by atoms with E-state index in [1.165, 1.54) is 6.07 Å². The van der Waals surface area contributed by atoms with Gasteiger partial charge in [-0.05, 0) is 51.0 Å². The van der Waals surface area contributed by atoms with Crippen molar-refractivity contribution in [2.24, 2.45) is 0 Å². The maximum Gasteiger partial charge on any atom is 0.251 e. The molecule has 5 nitrogen and oxygen atoms in total. The van der Waals surface area contributed by atoms with Gasteiger partial charge >= 0.3 is 0 Å². The molecule has 0 radical (unpaired) electrons. The van der Waals surface area contributed by atoms with E-state index in [1.807, 2.05) is 45.0 Å². The number of amides is 1. The number of pyridine rings is 1. The van der Waals surface area contributed by atoms with Crippen LogP contribution in [-0.2, 0) is 13.0 Å². The Bertz CT molecular complexity index is 750. The number of aromatic nitrogens is 1. The van der Waals surface area contributed by atoms with Crippen LogP contribution in [0.5, 0.6) is 5.75 Å². The van der Waals surface area contributed by atoms with Crippen LogP contribution in [0.3, 0.4) is 0 Å². The Hall–Kier alpha value is -2.56. The highest BCUT2D eigenvalue weighted by molar-refractivity contribution is 5.93. The van der Waals surface area contributed by atoms with Crippen molar-refractivity contribution >= 4 is 5.91 Å². The molecule has 0 aliphatic heterocycles. The number of ether oxygens (including phenoxy) is 1. The van der Waals surface area contributed by atoms with E-state index in [0.29, 0.717) is 25.1 Å². The third-order valence-corrected chi connectivity index (χ3v) is 3.57. The van der Waals surface area contributed by atoms with Crippen LogP contribution in [0, 0.1) is 0 Å². The topological polar surface area (TPSA) is 60.3 Å². The van der Waals surface area contributed by atoms with Crippen LogP contribution < -0.4 is 15.6 Å². The fourth-order valence-electron chi connectivity index (χ4n) is 2.38. The molecular formula is C19H24N2O3. The Morgan fingerprint density at radius 3 is 2.71 bits per heavy atom. The van der Waals surface area contributed by atoms with Crippen LogP contribution >= 0.6 is 0 Å². The van der Waals surface area contributed by atoms with E-state index in [9.17, 15) is 9.59 Å². The summed E-state index contributed by atoms with van der Waals surface area (Å²) < 4.78 is 7.21. The highest BCUT2D eigenvalue weighted by Crippen LogP contribution is 2.15. The van der Waals surface area contributed by atoms with Crippen LogP contribution in [0.2, 0.25) is 0 Å². The summed E-state index contributed by atoms with van der Waals surface area (Å²) in [5, 5.41) is 2.84. The third-order valence-electron chi connectivity index (χ3n) is 3.57. The average Bonchev–Trinajstić information content (AvgIpc) is 2.54. The molecule has 0 unspecified atom stereocenters. The number of benzene rings is 1. The molecule has 0 spiro atoms. The maximum atomic E-state index is 12.1. The number of rotatable bonds is 7. The number of aryl methyl sites for hydroxylation is 1. The standard InChI is InChI=1S/C19H24N2O3/c1-4-21-11-9-16(13-18(21)22)19(23)20-10-8-15-6-5-7-17(12-15)24-14(2)3/h5-7,9,11-14H,4,8,10H2,1-3H3,(H,20,23). The Balaban J connectivity index is 1.91. The van der Waals surface area contributed by atoms with Gasteiger partial charge in [-0.1, -0.05) is 12.1 Å². The van der Waals surface area contributed by atoms with E-state index in [4.69, 9.17) is 4.74 Å². The predicted molar refractivity (Wildman–Crippen MR) is 94.6 cm³/mol. The quantitative estimate of drug-likeness (QED) is 0.850. The fraction of sp³-hybridized carbons (Fsp3) is 0.368. The number of nitrogens with one attached hydrogen (secondary N) is 1. The van der Waals surface area contributed by atoms with Crippen LogP contribution in [0.1, 0.15) is 36.7 Å². The molecule has 0 bridgehead atoms. The molecule has 1 aromatic heterocycles. The van der Waals surface area contributed by atoms with Crippen molar-refractivity contribution in [3.8, 4) is 5.75 Å². The summed E-state index contributed by atoms with van der Waals surface area (Å²) >= 11 is 0. The minimum atomic E-state index is -0.232. The van der Waals surface area contributed by atoms with Crippen molar-refractivity contribution in [3.05, 3.63) is 64.1 Å². The minimum absolute atomic E-state index is 0.130. The summed E-state index contributed by atoms with van der Waals surface area (Å²) in [6.07, 6.45) is 2.47. The average molecular weight is 328 g/mol. The summed E-state index contributed by atoms with van der Waals surface area (Å²) in [6, 6.07) is 10.9. The second-order valence-corrected chi connectivity index (χ2v) is 5.86. The smallest absolute Gasteiger partial charge is 0.251 e. The molecule has 5 heteroatoms. The number of nitrogens with zero attached hydrogens (tertiary/aromatic N) is 1. The molecule has 1 heterocycles. The maximum absolute atomic E-state index is 12.1. The SMILES string of the molecule is CCn1ccc(C(=O)NCCc2cccc(OC(C)C)c2)cc1=O. The number of carbonyl (C=O) groups excluding carboxylic acids is 1. The zero-order valence-electron chi connectivity index (χ0n) is 14.4. The van der Waals surface area contributed by atoms with E-state index in [0.717, 1.165) is 11.3 Å². The Morgan fingerprint density at radius 1 is 1.25 bits per heavy atom. The lowest BCUT2D eigenvalue weighted by Crippen LogP contribution is -2.28. The van der Waals surface area contributed by atoms with E-state index >= 15 is 0 Å². The van der Waals surface area contributed by atoms with Crippen LogP contribution in [0.25, 0.3) is 0 Å². The number of hydrogen-bond acceptors (Lipinski definition) is 3. The lowest BCUT2D eigenvalue weighted by atomic mass is 10.1. The van der Waals surface area contributed by atoms with E-state index in [-0.39, 0.29) is 17.6 Å². The van der Waals surface area contributed by atoms with Gasteiger partial charge in [0.25, 0.3) is 11.5 Å². The number of hydrogen-bond donors (Lipinski definition) is 1. The molecule has 0 aliphatic carbocycles. The first-order valence-corrected chi connectivity index (χ1v) is 8.24. The molecule has 0 atom stereocenters. The Morgan fingerprint density at radius 2 is 2.04 bits per heavy atom. The molecule has 0 aliphatic rings. The zero-order valence-corrected chi connectivity index (χ0v) is 14.4. The molecule has 1 N–H and O–H groups in total. The van der Waals surface area contributed by atoms with E-state index in [1.54, 1.807) is 16.8 Å². The molecule has 0 saturated carbocycles. The third kappa shape index (κ3) is 4.98. The van der Waals surface area contributed by atoms with Crippen LogP contribution in [0.15, 0.2) is 47.4 Å². The normalized spacial score (nSPS) is 10.7. The van der Waals surface area contributed by atoms with Gasteiger partial charge in [0, 0.05) is 30.9 Å². The van der Waals surface area contributed by atoms with Crippen molar-refractivity contribution in [2.45, 2.75) is 39.8 Å². The summed E-state index contributed by atoms with van der Waals surface area (Å²) in [6.45, 7) is 6.95. The van der Waals surface area contributed by atoms with Crippen molar-refractivity contribution in [1.29, 1.82) is 0 Å². The minimum Gasteiger partial charge on any atom is -0.491 e. The van der Waals surface area contributed by atoms with Gasteiger partial charge < -0.3 is 14.6 Å².